The second-order valence-electron chi connectivity index (χ2n) is 6.68. The first-order valence-electron chi connectivity index (χ1n) is 9.87. The molecule has 0 aliphatic heterocycles. The average molecular weight is 434 g/mol. The fourth-order valence-corrected chi connectivity index (χ4v) is 2.90. The van der Waals surface area contributed by atoms with Gasteiger partial charge in [-0.15, -0.1) is 0 Å². The van der Waals surface area contributed by atoms with Crippen molar-refractivity contribution in [2.45, 2.75) is 13.3 Å². The molecular formula is C24H23N3O3S. The highest BCUT2D eigenvalue weighted by atomic mass is 32.1. The molecule has 3 aromatic rings. The molecule has 158 valence electrons. The third-order valence-corrected chi connectivity index (χ3v) is 4.56. The second-order valence-corrected chi connectivity index (χ2v) is 7.09. The zero-order valence-electron chi connectivity index (χ0n) is 17.1. The van der Waals surface area contributed by atoms with Crippen molar-refractivity contribution in [3.63, 3.8) is 0 Å². The molecule has 0 spiro atoms. The number of nitrogens with one attached hydrogen (secondary N) is 3. The largest absolute Gasteiger partial charge is 0.494 e. The minimum absolute atomic E-state index is 0.00874. The Balaban J connectivity index is 1.48. The van der Waals surface area contributed by atoms with E-state index < -0.39 is 0 Å². The number of hydrogen-bond acceptors (Lipinski definition) is 4. The van der Waals surface area contributed by atoms with Crippen molar-refractivity contribution in [2.75, 3.05) is 6.61 Å². The minimum Gasteiger partial charge on any atom is -0.494 e. The summed E-state index contributed by atoms with van der Waals surface area (Å²) >= 11 is 5.08. The summed E-state index contributed by atoms with van der Waals surface area (Å²) in [5.74, 6) is -0.0562. The molecule has 0 bridgehead atoms. The third kappa shape index (κ3) is 6.38. The Hall–Kier alpha value is -3.71. The van der Waals surface area contributed by atoms with Crippen molar-refractivity contribution >= 4 is 29.1 Å². The van der Waals surface area contributed by atoms with Gasteiger partial charge in [-0.25, -0.2) is 0 Å². The quantitative estimate of drug-likeness (QED) is 0.403. The molecule has 31 heavy (non-hydrogen) atoms. The van der Waals surface area contributed by atoms with Crippen LogP contribution in [-0.2, 0) is 0 Å². The molecule has 0 unspecified atom stereocenters. The molecule has 0 fully saturated rings. The number of rotatable bonds is 6. The minimum atomic E-state index is -0.388. The van der Waals surface area contributed by atoms with Crippen molar-refractivity contribution in [3.8, 4) is 16.9 Å². The number of thiocarbonyl (C=S) groups is 1. The molecule has 0 aliphatic carbocycles. The van der Waals surface area contributed by atoms with Gasteiger partial charge >= 0.3 is 0 Å². The Morgan fingerprint density at radius 2 is 1.35 bits per heavy atom. The lowest BCUT2D eigenvalue weighted by Gasteiger charge is -2.11. The number of amides is 2. The smallest absolute Gasteiger partial charge is 0.269 e. The van der Waals surface area contributed by atoms with E-state index >= 15 is 0 Å². The first-order chi connectivity index (χ1) is 15.1. The summed E-state index contributed by atoms with van der Waals surface area (Å²) < 4.78 is 5.49. The highest BCUT2D eigenvalue weighted by molar-refractivity contribution is 7.80. The van der Waals surface area contributed by atoms with Gasteiger partial charge in [0, 0.05) is 11.1 Å². The molecule has 0 radical (unpaired) electrons. The first-order valence-corrected chi connectivity index (χ1v) is 10.3. The van der Waals surface area contributed by atoms with Gasteiger partial charge in [0.15, 0.2) is 5.11 Å². The van der Waals surface area contributed by atoms with E-state index in [2.05, 4.69) is 16.2 Å². The van der Waals surface area contributed by atoms with Gasteiger partial charge in [-0.3, -0.25) is 25.8 Å². The van der Waals surface area contributed by atoms with E-state index in [1.807, 2.05) is 49.4 Å². The van der Waals surface area contributed by atoms with Crippen molar-refractivity contribution in [3.05, 3.63) is 90.0 Å². The standard InChI is InChI=1S/C24H23N3O3S/c1-2-16-30-21-14-12-19(13-15-21)22(28)25-24(31)27-26-23(29)20-10-8-18(9-11-20)17-6-4-3-5-7-17/h3-15H,2,16H2,1H3,(H,26,29)(H2,25,27,28,31). The first kappa shape index (κ1) is 22.0. The van der Waals surface area contributed by atoms with Gasteiger partial charge in [0.1, 0.15) is 5.75 Å². The highest BCUT2D eigenvalue weighted by Crippen LogP contribution is 2.19. The predicted octanol–water partition coefficient (Wildman–Crippen LogP) is 4.09. The Morgan fingerprint density at radius 1 is 0.774 bits per heavy atom. The van der Waals surface area contributed by atoms with E-state index in [0.717, 1.165) is 17.5 Å². The van der Waals surface area contributed by atoms with E-state index in [4.69, 9.17) is 17.0 Å². The number of benzene rings is 3. The van der Waals surface area contributed by atoms with Crippen molar-refractivity contribution in [2.24, 2.45) is 0 Å². The van der Waals surface area contributed by atoms with Crippen LogP contribution in [0.3, 0.4) is 0 Å². The maximum atomic E-state index is 12.3. The van der Waals surface area contributed by atoms with Crippen molar-refractivity contribution < 1.29 is 14.3 Å². The molecule has 0 aliphatic rings. The normalized spacial score (nSPS) is 10.1. The van der Waals surface area contributed by atoms with Crippen molar-refractivity contribution in [1.82, 2.24) is 16.2 Å². The molecule has 0 saturated carbocycles. The van der Waals surface area contributed by atoms with Gasteiger partial charge in [0.25, 0.3) is 11.8 Å². The molecule has 3 rings (SSSR count). The van der Waals surface area contributed by atoms with E-state index in [9.17, 15) is 9.59 Å². The Morgan fingerprint density at radius 3 is 2.00 bits per heavy atom. The lowest BCUT2D eigenvalue weighted by Crippen LogP contribution is -2.48. The van der Waals surface area contributed by atoms with Crippen LogP contribution in [0, 0.1) is 0 Å². The van der Waals surface area contributed by atoms with Gasteiger partial charge in [0.2, 0.25) is 0 Å². The maximum Gasteiger partial charge on any atom is 0.269 e. The number of ether oxygens (including phenoxy) is 1. The Labute approximate surface area is 186 Å². The van der Waals surface area contributed by atoms with E-state index in [-0.39, 0.29) is 16.9 Å². The Bertz CT molecular complexity index is 1040. The van der Waals surface area contributed by atoms with Gasteiger partial charge in [-0.2, -0.15) is 0 Å². The number of hydrogen-bond donors (Lipinski definition) is 3. The monoisotopic (exact) mass is 433 g/mol. The fraction of sp³-hybridized carbons (Fsp3) is 0.125. The SMILES string of the molecule is CCCOc1ccc(C(=O)NC(=S)NNC(=O)c2ccc(-c3ccccc3)cc2)cc1. The molecular weight excluding hydrogens is 410 g/mol. The van der Waals surface area contributed by atoms with Gasteiger partial charge < -0.3 is 4.74 Å². The molecule has 0 aromatic heterocycles. The topological polar surface area (TPSA) is 79.5 Å². The third-order valence-electron chi connectivity index (χ3n) is 4.36. The molecule has 6 nitrogen and oxygen atoms in total. The van der Waals surface area contributed by atoms with Crippen LogP contribution < -0.4 is 20.9 Å². The lowest BCUT2D eigenvalue weighted by molar-refractivity contribution is 0.0934. The van der Waals surface area contributed by atoms with E-state index in [0.29, 0.717) is 23.5 Å². The summed E-state index contributed by atoms with van der Waals surface area (Å²) in [4.78, 5) is 24.6. The van der Waals surface area contributed by atoms with Crippen LogP contribution >= 0.6 is 12.2 Å². The molecule has 0 saturated heterocycles. The fourth-order valence-electron chi connectivity index (χ4n) is 2.76. The van der Waals surface area contributed by atoms with Crippen LogP contribution in [0.4, 0.5) is 0 Å². The summed E-state index contributed by atoms with van der Waals surface area (Å²) in [6.45, 7) is 2.64. The zero-order valence-corrected chi connectivity index (χ0v) is 17.9. The Kier molecular flexibility index (Phi) is 7.73. The summed E-state index contributed by atoms with van der Waals surface area (Å²) in [7, 11) is 0. The second kappa shape index (κ2) is 10.9. The van der Waals surface area contributed by atoms with Gasteiger partial charge in [0.05, 0.1) is 6.61 Å². The van der Waals surface area contributed by atoms with Crippen LogP contribution in [0.25, 0.3) is 11.1 Å². The number of hydrazine groups is 1. The van der Waals surface area contributed by atoms with Crippen LogP contribution in [0.1, 0.15) is 34.1 Å². The van der Waals surface area contributed by atoms with Crippen LogP contribution in [-0.4, -0.2) is 23.5 Å². The molecule has 7 heteroatoms. The zero-order chi connectivity index (χ0) is 22.1. The van der Waals surface area contributed by atoms with Crippen LogP contribution in [0.15, 0.2) is 78.9 Å². The van der Waals surface area contributed by atoms with Crippen molar-refractivity contribution in [1.29, 1.82) is 0 Å². The number of carbonyl (C=O) groups excluding carboxylic acids is 2. The van der Waals surface area contributed by atoms with E-state index in [1.165, 1.54) is 0 Å². The molecule has 2 amide bonds. The van der Waals surface area contributed by atoms with Crippen LogP contribution in [0.2, 0.25) is 0 Å². The lowest BCUT2D eigenvalue weighted by atomic mass is 10.0. The molecule has 0 atom stereocenters. The van der Waals surface area contributed by atoms with Crippen LogP contribution in [0.5, 0.6) is 5.75 Å². The maximum absolute atomic E-state index is 12.3. The summed E-state index contributed by atoms with van der Waals surface area (Å²) in [6, 6.07) is 23.8. The molecule has 0 heterocycles. The molecule has 3 aromatic carbocycles. The predicted molar refractivity (Wildman–Crippen MR) is 125 cm³/mol. The average Bonchev–Trinajstić information content (AvgIpc) is 2.82. The number of carbonyl (C=O) groups is 2. The van der Waals surface area contributed by atoms with E-state index in [1.54, 1.807) is 36.4 Å². The van der Waals surface area contributed by atoms with Gasteiger partial charge in [-0.1, -0.05) is 49.4 Å². The van der Waals surface area contributed by atoms with Gasteiger partial charge in [-0.05, 0) is 66.2 Å². The summed E-state index contributed by atoms with van der Waals surface area (Å²) in [5, 5.41) is 2.51. The summed E-state index contributed by atoms with van der Waals surface area (Å²) in [6.07, 6.45) is 0.908. The highest BCUT2D eigenvalue weighted by Gasteiger charge is 2.10. The molecule has 3 N–H and O–H groups in total. The summed E-state index contributed by atoms with van der Waals surface area (Å²) in [5.41, 5.74) is 8.00.